The predicted molar refractivity (Wildman–Crippen MR) is 100.0 cm³/mol. The van der Waals surface area contributed by atoms with Crippen LogP contribution in [-0.4, -0.2) is 9.97 Å². The lowest BCUT2D eigenvalue weighted by molar-refractivity contribution is 0.613. The molecule has 2 N–H and O–H groups in total. The summed E-state index contributed by atoms with van der Waals surface area (Å²) >= 11 is 5.98. The van der Waals surface area contributed by atoms with Crippen molar-refractivity contribution in [2.75, 3.05) is 10.6 Å². The van der Waals surface area contributed by atoms with E-state index >= 15 is 0 Å². The molecule has 3 aromatic rings. The van der Waals surface area contributed by atoms with Gasteiger partial charge in [0.2, 0.25) is 5.95 Å². The van der Waals surface area contributed by atoms with Gasteiger partial charge in [-0.05, 0) is 43.7 Å². The average molecular weight is 357 g/mol. The van der Waals surface area contributed by atoms with E-state index in [4.69, 9.17) is 11.6 Å². The number of aryl methyl sites for hydroxylation is 2. The van der Waals surface area contributed by atoms with Crippen molar-refractivity contribution >= 4 is 29.1 Å². The van der Waals surface area contributed by atoms with E-state index in [9.17, 15) is 4.39 Å². The Balaban J connectivity index is 1.77. The molecular formula is C19H18ClFN4. The first-order valence-electron chi connectivity index (χ1n) is 7.87. The van der Waals surface area contributed by atoms with Gasteiger partial charge in [0, 0.05) is 34.6 Å². The van der Waals surface area contributed by atoms with Crippen LogP contribution in [0.4, 0.5) is 21.8 Å². The molecule has 0 bridgehead atoms. The zero-order chi connectivity index (χ0) is 17.8. The van der Waals surface area contributed by atoms with Crippen molar-refractivity contribution < 1.29 is 4.39 Å². The minimum atomic E-state index is -0.240. The number of benzene rings is 2. The van der Waals surface area contributed by atoms with E-state index in [0.29, 0.717) is 28.9 Å². The van der Waals surface area contributed by atoms with Gasteiger partial charge in [0.05, 0.1) is 0 Å². The quantitative estimate of drug-likeness (QED) is 0.656. The van der Waals surface area contributed by atoms with E-state index in [1.165, 1.54) is 6.07 Å². The van der Waals surface area contributed by atoms with Crippen LogP contribution in [0.25, 0.3) is 0 Å². The van der Waals surface area contributed by atoms with Gasteiger partial charge in [-0.1, -0.05) is 29.8 Å². The molecule has 0 aliphatic heterocycles. The number of nitrogens with one attached hydrogen (secondary N) is 2. The van der Waals surface area contributed by atoms with E-state index < -0.39 is 0 Å². The maximum Gasteiger partial charge on any atom is 0.229 e. The van der Waals surface area contributed by atoms with Crippen molar-refractivity contribution in [1.29, 1.82) is 0 Å². The van der Waals surface area contributed by atoms with Crippen LogP contribution in [0, 0.1) is 19.7 Å². The fraction of sp³-hybridized carbons (Fsp3) is 0.158. The van der Waals surface area contributed by atoms with E-state index in [0.717, 1.165) is 16.9 Å². The zero-order valence-corrected chi connectivity index (χ0v) is 14.7. The summed E-state index contributed by atoms with van der Waals surface area (Å²) in [5.41, 5.74) is 3.27. The molecule has 128 valence electrons. The molecule has 0 radical (unpaired) electrons. The van der Waals surface area contributed by atoms with Crippen molar-refractivity contribution in [2.45, 2.75) is 20.4 Å². The molecule has 0 amide bonds. The van der Waals surface area contributed by atoms with Gasteiger partial charge in [-0.2, -0.15) is 4.98 Å². The molecule has 4 nitrogen and oxygen atoms in total. The number of halogens is 2. The number of hydrogen-bond acceptors (Lipinski definition) is 4. The highest BCUT2D eigenvalue weighted by Crippen LogP contribution is 2.23. The van der Waals surface area contributed by atoms with Crippen LogP contribution in [0.2, 0.25) is 5.02 Å². The van der Waals surface area contributed by atoms with Crippen molar-refractivity contribution in [3.8, 4) is 0 Å². The largest absolute Gasteiger partial charge is 0.366 e. The Hall–Kier alpha value is -2.66. The molecule has 6 heteroatoms. The first kappa shape index (κ1) is 17.2. The molecule has 0 atom stereocenters. The molecule has 1 aromatic heterocycles. The third kappa shape index (κ3) is 4.45. The van der Waals surface area contributed by atoms with Crippen LogP contribution < -0.4 is 10.6 Å². The summed E-state index contributed by atoms with van der Waals surface area (Å²) in [6.45, 7) is 4.19. The lowest BCUT2D eigenvalue weighted by Crippen LogP contribution is -2.07. The number of nitrogens with zero attached hydrogens (tertiary/aromatic N) is 2. The average Bonchev–Trinajstić information content (AvgIpc) is 2.56. The Morgan fingerprint density at radius 1 is 1.04 bits per heavy atom. The first-order valence-corrected chi connectivity index (χ1v) is 8.25. The fourth-order valence-electron chi connectivity index (χ4n) is 2.43. The van der Waals surface area contributed by atoms with Gasteiger partial charge in [0.15, 0.2) is 0 Å². The van der Waals surface area contributed by atoms with Gasteiger partial charge >= 0.3 is 0 Å². The highest BCUT2D eigenvalue weighted by molar-refractivity contribution is 6.30. The summed E-state index contributed by atoms with van der Waals surface area (Å²) in [6, 6.07) is 14.1. The van der Waals surface area contributed by atoms with Gasteiger partial charge in [0.1, 0.15) is 11.6 Å². The van der Waals surface area contributed by atoms with Gasteiger partial charge < -0.3 is 10.6 Å². The maximum atomic E-state index is 13.7. The van der Waals surface area contributed by atoms with E-state index in [2.05, 4.69) is 20.6 Å². The van der Waals surface area contributed by atoms with Crippen LogP contribution in [-0.2, 0) is 6.54 Å². The van der Waals surface area contributed by atoms with Crippen molar-refractivity contribution in [2.24, 2.45) is 0 Å². The topological polar surface area (TPSA) is 49.8 Å². The van der Waals surface area contributed by atoms with Gasteiger partial charge in [-0.15, -0.1) is 0 Å². The van der Waals surface area contributed by atoms with E-state index in [1.807, 2.05) is 44.2 Å². The molecule has 25 heavy (non-hydrogen) atoms. The Morgan fingerprint density at radius 2 is 1.84 bits per heavy atom. The number of aromatic nitrogens is 2. The fourth-order valence-corrected chi connectivity index (χ4v) is 2.66. The lowest BCUT2D eigenvalue weighted by Gasteiger charge is -2.12. The van der Waals surface area contributed by atoms with Crippen LogP contribution >= 0.6 is 11.6 Å². The minimum Gasteiger partial charge on any atom is -0.366 e. The lowest BCUT2D eigenvalue weighted by atomic mass is 10.2. The highest BCUT2D eigenvalue weighted by atomic mass is 35.5. The number of hydrogen-bond donors (Lipinski definition) is 2. The molecule has 3 rings (SSSR count). The summed E-state index contributed by atoms with van der Waals surface area (Å²) in [5.74, 6) is 0.863. The molecule has 0 spiro atoms. The first-order chi connectivity index (χ1) is 12.0. The third-order valence-electron chi connectivity index (χ3n) is 3.71. The smallest absolute Gasteiger partial charge is 0.229 e. The van der Waals surface area contributed by atoms with Gasteiger partial charge in [-0.25, -0.2) is 9.37 Å². The van der Waals surface area contributed by atoms with Crippen molar-refractivity contribution in [3.63, 3.8) is 0 Å². The maximum absolute atomic E-state index is 13.7. The van der Waals surface area contributed by atoms with Crippen LogP contribution in [0.1, 0.15) is 16.8 Å². The SMILES string of the molecule is Cc1cc(NCc2ccccc2F)nc(Nc2ccc(Cl)cc2C)n1. The standard InChI is InChI=1S/C19H18ClFN4/c1-12-9-15(20)7-8-17(12)24-19-23-13(2)10-18(25-19)22-11-14-5-3-4-6-16(14)21/h3-10H,11H2,1-2H3,(H2,22,23,24,25). The van der Waals surface area contributed by atoms with Crippen molar-refractivity contribution in [1.82, 2.24) is 9.97 Å². The molecule has 0 saturated heterocycles. The van der Waals surface area contributed by atoms with Crippen molar-refractivity contribution in [3.05, 3.63) is 76.2 Å². The molecule has 0 aliphatic rings. The van der Waals surface area contributed by atoms with Crippen LogP contribution in [0.15, 0.2) is 48.5 Å². The second-order valence-electron chi connectivity index (χ2n) is 5.75. The normalized spacial score (nSPS) is 10.6. The second-order valence-corrected chi connectivity index (χ2v) is 6.18. The summed E-state index contributed by atoms with van der Waals surface area (Å²) in [7, 11) is 0. The highest BCUT2D eigenvalue weighted by Gasteiger charge is 2.06. The summed E-state index contributed by atoms with van der Waals surface area (Å²) in [5, 5.41) is 7.02. The Bertz CT molecular complexity index is 898. The Labute approximate surface area is 151 Å². The summed E-state index contributed by atoms with van der Waals surface area (Å²) in [6.07, 6.45) is 0. The molecule has 2 aromatic carbocycles. The number of anilines is 3. The molecule has 1 heterocycles. The Morgan fingerprint density at radius 3 is 2.60 bits per heavy atom. The molecule has 0 unspecified atom stereocenters. The number of rotatable bonds is 5. The second kappa shape index (κ2) is 7.49. The minimum absolute atomic E-state index is 0.240. The van der Waals surface area contributed by atoms with E-state index in [-0.39, 0.29) is 5.82 Å². The molecular weight excluding hydrogens is 339 g/mol. The zero-order valence-electron chi connectivity index (χ0n) is 14.0. The predicted octanol–water partition coefficient (Wildman–Crippen LogP) is 5.24. The Kier molecular flexibility index (Phi) is 5.14. The van der Waals surface area contributed by atoms with Gasteiger partial charge in [-0.3, -0.25) is 0 Å². The van der Waals surface area contributed by atoms with Crippen LogP contribution in [0.5, 0.6) is 0 Å². The van der Waals surface area contributed by atoms with E-state index in [1.54, 1.807) is 12.1 Å². The third-order valence-corrected chi connectivity index (χ3v) is 3.94. The summed E-state index contributed by atoms with van der Waals surface area (Å²) in [4.78, 5) is 8.84. The molecule has 0 saturated carbocycles. The summed E-state index contributed by atoms with van der Waals surface area (Å²) < 4.78 is 13.7. The van der Waals surface area contributed by atoms with Crippen LogP contribution in [0.3, 0.4) is 0 Å². The monoisotopic (exact) mass is 356 g/mol. The molecule has 0 aliphatic carbocycles. The van der Waals surface area contributed by atoms with Gasteiger partial charge in [0.25, 0.3) is 0 Å². The molecule has 0 fully saturated rings.